The summed E-state index contributed by atoms with van der Waals surface area (Å²) in [6.07, 6.45) is -2.64. The van der Waals surface area contributed by atoms with Crippen LogP contribution in [0.2, 0.25) is 0 Å². The fourth-order valence-electron chi connectivity index (χ4n) is 1.01. The van der Waals surface area contributed by atoms with Gasteiger partial charge in [0.25, 0.3) is 0 Å². The first-order valence-electron chi connectivity index (χ1n) is 6.35. The second kappa shape index (κ2) is 15.2. The molecular weight excluding hydrogens is 441 g/mol. The van der Waals surface area contributed by atoms with Crippen molar-refractivity contribution in [2.45, 2.75) is 19.3 Å². The Bertz CT molecular complexity index is 529. The quantitative estimate of drug-likeness (QED) is 0.148. The van der Waals surface area contributed by atoms with Crippen LogP contribution in [-0.4, -0.2) is 66.4 Å². The maximum atomic E-state index is 11.2. The van der Waals surface area contributed by atoms with Crippen molar-refractivity contribution in [3.8, 4) is 0 Å². The molecule has 0 saturated carbocycles. The molecule has 0 fully saturated rings. The number of carbonyl (C=O) groups excluding carboxylic acids is 5. The van der Waals surface area contributed by atoms with Crippen molar-refractivity contribution >= 4 is 35.8 Å². The Kier molecular flexibility index (Phi) is 15.2. The van der Waals surface area contributed by atoms with Crippen molar-refractivity contribution < 1.29 is 95.4 Å². The SMILES string of the molecule is O=C(O)CC(=O)OCOC(=O)CC(=O)OCOC(=O)CC(=O)OCO.[Y]. The number of hydrogen-bond donors (Lipinski definition) is 2. The van der Waals surface area contributed by atoms with E-state index in [-0.39, 0.29) is 32.7 Å². The van der Waals surface area contributed by atoms with Crippen molar-refractivity contribution in [2.24, 2.45) is 0 Å². The Hall–Kier alpha value is -2.12. The molecule has 0 saturated heterocycles. The van der Waals surface area contributed by atoms with Crippen LogP contribution >= 0.6 is 0 Å². The van der Waals surface area contributed by atoms with Crippen LogP contribution in [-0.2, 0) is 85.2 Å². The molecule has 13 nitrogen and oxygen atoms in total. The largest absolute Gasteiger partial charge is 0.481 e. The molecule has 0 atom stereocenters. The third kappa shape index (κ3) is 15.4. The summed E-state index contributed by atoms with van der Waals surface area (Å²) in [4.78, 5) is 65.1. The Morgan fingerprint density at radius 3 is 1.19 bits per heavy atom. The monoisotopic (exact) mass is 455 g/mol. The molecule has 0 rings (SSSR count). The van der Waals surface area contributed by atoms with Gasteiger partial charge in [-0.15, -0.1) is 0 Å². The maximum absolute atomic E-state index is 11.2. The van der Waals surface area contributed by atoms with Gasteiger partial charge in [-0.1, -0.05) is 0 Å². The first-order valence-corrected chi connectivity index (χ1v) is 6.35. The van der Waals surface area contributed by atoms with E-state index < -0.39 is 75.5 Å². The average Bonchev–Trinajstić information content (AvgIpc) is 2.46. The van der Waals surface area contributed by atoms with Crippen molar-refractivity contribution in [1.82, 2.24) is 0 Å². The van der Waals surface area contributed by atoms with Gasteiger partial charge in [-0.05, 0) is 0 Å². The predicted molar refractivity (Wildman–Crippen MR) is 68.8 cm³/mol. The molecule has 0 aliphatic rings. The topological polar surface area (TPSA) is 189 Å². The second-order valence-electron chi connectivity index (χ2n) is 3.87. The van der Waals surface area contributed by atoms with Crippen LogP contribution in [0.1, 0.15) is 19.3 Å². The molecule has 0 aliphatic heterocycles. The van der Waals surface area contributed by atoms with E-state index in [4.69, 9.17) is 10.2 Å². The zero-order valence-corrected chi connectivity index (χ0v) is 16.0. The summed E-state index contributed by atoms with van der Waals surface area (Å²) in [5, 5.41) is 16.5. The van der Waals surface area contributed by atoms with E-state index in [0.29, 0.717) is 0 Å². The summed E-state index contributed by atoms with van der Waals surface area (Å²) in [5.41, 5.74) is 0. The van der Waals surface area contributed by atoms with E-state index >= 15 is 0 Å². The molecule has 0 aromatic heterocycles. The van der Waals surface area contributed by atoms with Crippen LogP contribution in [0.3, 0.4) is 0 Å². The van der Waals surface area contributed by atoms with Crippen molar-refractivity contribution in [3.05, 3.63) is 0 Å². The molecule has 0 amide bonds. The van der Waals surface area contributed by atoms with Gasteiger partial charge in [0, 0.05) is 32.7 Å². The van der Waals surface area contributed by atoms with Gasteiger partial charge in [0.1, 0.15) is 19.3 Å². The number of carboxylic acid groups (broad SMARTS) is 1. The zero-order chi connectivity index (χ0) is 19.2. The molecule has 0 aromatic carbocycles. The van der Waals surface area contributed by atoms with Crippen LogP contribution in [0.5, 0.6) is 0 Å². The van der Waals surface area contributed by atoms with Crippen LogP contribution in [0.4, 0.5) is 0 Å². The first-order chi connectivity index (χ1) is 11.7. The number of aliphatic hydroxyl groups is 1. The van der Waals surface area contributed by atoms with E-state index in [0.717, 1.165) is 0 Å². The third-order valence-corrected chi connectivity index (χ3v) is 1.98. The minimum absolute atomic E-state index is 0. The Morgan fingerprint density at radius 1 is 0.577 bits per heavy atom. The first kappa shape index (κ1) is 26.1. The van der Waals surface area contributed by atoms with Gasteiger partial charge in [0.15, 0.2) is 6.79 Å². The zero-order valence-electron chi connectivity index (χ0n) is 13.2. The molecule has 0 bridgehead atoms. The summed E-state index contributed by atoms with van der Waals surface area (Å²) >= 11 is 0. The minimum Gasteiger partial charge on any atom is -0.481 e. The normalized spacial score (nSPS) is 9.12. The summed E-state index contributed by atoms with van der Waals surface area (Å²) in [7, 11) is 0. The predicted octanol–water partition coefficient (Wildman–Crippen LogP) is -2.18. The van der Waals surface area contributed by atoms with E-state index in [1.54, 1.807) is 0 Å². The van der Waals surface area contributed by atoms with E-state index in [9.17, 15) is 28.8 Å². The summed E-state index contributed by atoms with van der Waals surface area (Å²) in [6, 6.07) is 0. The van der Waals surface area contributed by atoms with Crippen LogP contribution < -0.4 is 0 Å². The third-order valence-electron chi connectivity index (χ3n) is 1.98. The Balaban J connectivity index is 0. The van der Waals surface area contributed by atoms with Gasteiger partial charge in [0.2, 0.25) is 13.6 Å². The summed E-state index contributed by atoms with van der Waals surface area (Å²) in [5.74, 6) is -7.02. The Labute approximate surface area is 170 Å². The molecule has 1 radical (unpaired) electrons. The van der Waals surface area contributed by atoms with Gasteiger partial charge in [-0.2, -0.15) is 0 Å². The van der Waals surface area contributed by atoms with Gasteiger partial charge in [0.05, 0.1) is 0 Å². The van der Waals surface area contributed by atoms with E-state index in [1.807, 2.05) is 0 Å². The molecular formula is C12H14O13Y. The average molecular weight is 455 g/mol. The van der Waals surface area contributed by atoms with E-state index in [1.165, 1.54) is 0 Å². The number of esters is 5. The minimum atomic E-state index is -1.43. The van der Waals surface area contributed by atoms with Crippen LogP contribution in [0, 0.1) is 0 Å². The number of ether oxygens (including phenoxy) is 5. The van der Waals surface area contributed by atoms with E-state index in [2.05, 4.69) is 23.7 Å². The fourth-order valence-corrected chi connectivity index (χ4v) is 1.01. The molecule has 0 aromatic rings. The van der Waals surface area contributed by atoms with Crippen LogP contribution in [0.15, 0.2) is 0 Å². The van der Waals surface area contributed by atoms with Crippen molar-refractivity contribution in [1.29, 1.82) is 0 Å². The number of rotatable bonds is 11. The molecule has 26 heavy (non-hydrogen) atoms. The number of carbonyl (C=O) groups is 6. The number of carboxylic acids is 1. The molecule has 0 heterocycles. The molecule has 2 N–H and O–H groups in total. The van der Waals surface area contributed by atoms with Gasteiger partial charge < -0.3 is 33.9 Å². The molecule has 143 valence electrons. The van der Waals surface area contributed by atoms with Gasteiger partial charge >= 0.3 is 35.8 Å². The standard InChI is InChI=1S/C12H14O13.Y/c13-4-21-9(17)2-10(18)24-6-25-12(20)3-11(19)23-5-22-8(16)1-7(14)15;/h13H,1-6H2,(H,14,15);. The Morgan fingerprint density at radius 2 is 0.885 bits per heavy atom. The fraction of sp³-hybridized carbons (Fsp3) is 0.500. The molecule has 14 heteroatoms. The number of aliphatic carboxylic acids is 1. The smallest absolute Gasteiger partial charge is 0.320 e. The number of hydrogen-bond acceptors (Lipinski definition) is 12. The van der Waals surface area contributed by atoms with Crippen molar-refractivity contribution in [3.63, 3.8) is 0 Å². The summed E-state index contributed by atoms with van der Waals surface area (Å²) in [6.45, 7) is -2.68. The van der Waals surface area contributed by atoms with Crippen LogP contribution in [0.25, 0.3) is 0 Å². The molecule has 0 unspecified atom stereocenters. The second-order valence-corrected chi connectivity index (χ2v) is 3.87. The van der Waals surface area contributed by atoms with Gasteiger partial charge in [-0.25, -0.2) is 0 Å². The number of aliphatic hydroxyl groups excluding tert-OH is 1. The molecule has 0 aliphatic carbocycles. The maximum Gasteiger partial charge on any atom is 0.320 e. The summed E-state index contributed by atoms with van der Waals surface area (Å²) < 4.78 is 21.2. The van der Waals surface area contributed by atoms with Gasteiger partial charge in [-0.3, -0.25) is 28.8 Å². The van der Waals surface area contributed by atoms with Crippen molar-refractivity contribution in [2.75, 3.05) is 20.4 Å². The molecule has 0 spiro atoms.